The van der Waals surface area contributed by atoms with Gasteiger partial charge in [0.15, 0.2) is 12.4 Å². The Morgan fingerprint density at radius 3 is 2.19 bits per heavy atom. The Bertz CT molecular complexity index is 1210. The third-order valence-corrected chi connectivity index (χ3v) is 7.49. The number of hydrogen-bond acceptors (Lipinski definition) is 8. The standard InChI is InChI=1S/C27H31N7O2/c28-24-31-23(16-35-25(29)34-27-13-17-10-18(14-27)12-19(11-17)15-27)32-26(33-24)30-20-6-8-22(9-7-20)36-21-4-2-1-3-5-21/h1-9,17-19H,10-16H2,(H2,29,34)(H3,28,30,31,32,33). The van der Waals surface area contributed by atoms with Gasteiger partial charge in [0.25, 0.3) is 6.02 Å². The van der Waals surface area contributed by atoms with Gasteiger partial charge in [-0.15, -0.1) is 0 Å². The van der Waals surface area contributed by atoms with Crippen LogP contribution in [0.3, 0.4) is 0 Å². The SMILES string of the molecule is NC(=NC12CC3CC(CC(C3)C1)C2)OCc1nc(N)nc(Nc2ccc(Oc3ccccc3)cc2)n1. The van der Waals surface area contributed by atoms with Crippen molar-refractivity contribution in [2.75, 3.05) is 11.1 Å². The minimum Gasteiger partial charge on any atom is -0.457 e. The summed E-state index contributed by atoms with van der Waals surface area (Å²) < 4.78 is 11.6. The van der Waals surface area contributed by atoms with E-state index < -0.39 is 0 Å². The van der Waals surface area contributed by atoms with Gasteiger partial charge in [0.1, 0.15) is 11.5 Å². The van der Waals surface area contributed by atoms with E-state index in [9.17, 15) is 0 Å². The molecule has 4 bridgehead atoms. The van der Waals surface area contributed by atoms with Crippen LogP contribution in [0.5, 0.6) is 11.5 Å². The summed E-state index contributed by atoms with van der Waals surface area (Å²) in [5, 5.41) is 3.15. The molecular weight excluding hydrogens is 454 g/mol. The maximum Gasteiger partial charge on any atom is 0.282 e. The summed E-state index contributed by atoms with van der Waals surface area (Å²) >= 11 is 0. The number of para-hydroxylation sites is 1. The van der Waals surface area contributed by atoms with Crippen LogP contribution in [0, 0.1) is 17.8 Å². The molecular formula is C27H31N7O2. The molecule has 36 heavy (non-hydrogen) atoms. The van der Waals surface area contributed by atoms with Gasteiger partial charge in [-0.3, -0.25) is 0 Å². The van der Waals surface area contributed by atoms with Crippen molar-refractivity contribution in [3.8, 4) is 11.5 Å². The predicted octanol–water partition coefficient (Wildman–Crippen LogP) is 4.79. The van der Waals surface area contributed by atoms with E-state index in [1.54, 1.807) is 0 Å². The molecule has 4 fully saturated rings. The highest BCUT2D eigenvalue weighted by Gasteiger charge is 2.51. The molecule has 1 heterocycles. The average molecular weight is 486 g/mol. The lowest BCUT2D eigenvalue weighted by Gasteiger charge is -2.54. The first kappa shape index (κ1) is 22.6. The van der Waals surface area contributed by atoms with Crippen LogP contribution in [-0.2, 0) is 11.3 Å². The number of nitrogen functional groups attached to an aromatic ring is 1. The molecule has 4 saturated carbocycles. The number of nitrogens with two attached hydrogens (primary N) is 2. The number of aliphatic imine (C=N–C) groups is 1. The van der Waals surface area contributed by atoms with E-state index >= 15 is 0 Å². The van der Waals surface area contributed by atoms with Crippen LogP contribution in [0.25, 0.3) is 0 Å². The van der Waals surface area contributed by atoms with Crippen LogP contribution in [-0.4, -0.2) is 26.5 Å². The van der Waals surface area contributed by atoms with Crippen molar-refractivity contribution in [3.63, 3.8) is 0 Å². The fourth-order valence-corrected chi connectivity index (χ4v) is 6.52. The van der Waals surface area contributed by atoms with Gasteiger partial charge in [0.05, 0.1) is 5.54 Å². The molecule has 2 aromatic carbocycles. The van der Waals surface area contributed by atoms with Crippen LogP contribution in [0.2, 0.25) is 0 Å². The monoisotopic (exact) mass is 485 g/mol. The number of amidine groups is 1. The van der Waals surface area contributed by atoms with Crippen LogP contribution in [0.4, 0.5) is 17.6 Å². The highest BCUT2D eigenvalue weighted by molar-refractivity contribution is 5.72. The van der Waals surface area contributed by atoms with E-state index in [4.69, 9.17) is 25.9 Å². The molecule has 0 saturated heterocycles. The van der Waals surface area contributed by atoms with Gasteiger partial charge in [-0.25, -0.2) is 4.99 Å². The van der Waals surface area contributed by atoms with Gasteiger partial charge in [0.2, 0.25) is 11.9 Å². The molecule has 3 aromatic rings. The van der Waals surface area contributed by atoms with Gasteiger partial charge in [-0.05, 0) is 92.7 Å². The summed E-state index contributed by atoms with van der Waals surface area (Å²) in [6, 6.07) is 17.3. The van der Waals surface area contributed by atoms with Gasteiger partial charge in [-0.2, -0.15) is 15.0 Å². The Morgan fingerprint density at radius 2 is 1.53 bits per heavy atom. The molecule has 7 rings (SSSR count). The summed E-state index contributed by atoms with van der Waals surface area (Å²) in [6.45, 7) is 0.0763. The summed E-state index contributed by atoms with van der Waals surface area (Å²) in [5.74, 6) is 4.71. The third-order valence-electron chi connectivity index (χ3n) is 7.49. The van der Waals surface area contributed by atoms with Crippen molar-refractivity contribution in [2.45, 2.75) is 50.7 Å². The molecule has 4 aliphatic carbocycles. The second kappa shape index (κ2) is 9.29. The van der Waals surface area contributed by atoms with Crippen molar-refractivity contribution in [2.24, 2.45) is 28.5 Å². The van der Waals surface area contributed by atoms with E-state index in [0.29, 0.717) is 11.8 Å². The van der Waals surface area contributed by atoms with E-state index in [1.165, 1.54) is 19.3 Å². The zero-order chi connectivity index (χ0) is 24.5. The summed E-state index contributed by atoms with van der Waals surface area (Å²) in [5.41, 5.74) is 12.9. The lowest BCUT2D eigenvalue weighted by atomic mass is 9.53. The highest BCUT2D eigenvalue weighted by Crippen LogP contribution is 2.57. The number of hydrogen-bond donors (Lipinski definition) is 3. The maximum absolute atomic E-state index is 6.21. The topological polar surface area (TPSA) is 134 Å². The van der Waals surface area contributed by atoms with Crippen molar-refractivity contribution < 1.29 is 9.47 Å². The molecule has 4 aliphatic rings. The first-order valence-electron chi connectivity index (χ1n) is 12.6. The molecule has 5 N–H and O–H groups in total. The van der Waals surface area contributed by atoms with Crippen LogP contribution in [0.1, 0.15) is 44.3 Å². The Kier molecular flexibility index (Phi) is 5.83. The number of nitrogens with one attached hydrogen (secondary N) is 1. The quantitative estimate of drug-likeness (QED) is 0.321. The maximum atomic E-state index is 6.21. The zero-order valence-corrected chi connectivity index (χ0v) is 20.1. The Morgan fingerprint density at radius 1 is 0.889 bits per heavy atom. The smallest absolute Gasteiger partial charge is 0.282 e. The van der Waals surface area contributed by atoms with Crippen molar-refractivity contribution >= 4 is 23.6 Å². The average Bonchev–Trinajstić information content (AvgIpc) is 2.83. The lowest BCUT2D eigenvalue weighted by molar-refractivity contribution is 0.000286. The van der Waals surface area contributed by atoms with E-state index in [-0.39, 0.29) is 24.1 Å². The molecule has 0 atom stereocenters. The minimum atomic E-state index is -0.0416. The second-order valence-electron chi connectivity index (χ2n) is 10.4. The van der Waals surface area contributed by atoms with Crippen molar-refractivity contribution in [1.82, 2.24) is 15.0 Å². The Labute approximate surface area is 210 Å². The lowest BCUT2D eigenvalue weighted by Crippen LogP contribution is -2.50. The Hall–Kier alpha value is -3.88. The molecule has 0 amide bonds. The van der Waals surface area contributed by atoms with Crippen LogP contribution >= 0.6 is 0 Å². The fraction of sp³-hybridized carbons (Fsp3) is 0.407. The van der Waals surface area contributed by atoms with E-state index in [1.807, 2.05) is 54.6 Å². The van der Waals surface area contributed by atoms with Crippen LogP contribution < -0.4 is 21.5 Å². The summed E-state index contributed by atoms with van der Waals surface area (Å²) in [4.78, 5) is 17.7. The van der Waals surface area contributed by atoms with E-state index in [0.717, 1.165) is 54.2 Å². The number of anilines is 3. The molecule has 1 aromatic heterocycles. The van der Waals surface area contributed by atoms with Gasteiger partial charge < -0.3 is 26.3 Å². The second-order valence-corrected chi connectivity index (χ2v) is 10.4. The van der Waals surface area contributed by atoms with Gasteiger partial charge in [0, 0.05) is 5.69 Å². The molecule has 0 radical (unpaired) electrons. The van der Waals surface area contributed by atoms with Gasteiger partial charge >= 0.3 is 0 Å². The van der Waals surface area contributed by atoms with Gasteiger partial charge in [-0.1, -0.05) is 18.2 Å². The molecule has 9 nitrogen and oxygen atoms in total. The zero-order valence-electron chi connectivity index (χ0n) is 20.1. The number of benzene rings is 2. The van der Waals surface area contributed by atoms with Crippen molar-refractivity contribution in [1.29, 1.82) is 0 Å². The number of ether oxygens (including phenoxy) is 2. The minimum absolute atomic E-state index is 0.0416. The fourth-order valence-electron chi connectivity index (χ4n) is 6.52. The molecule has 0 spiro atoms. The number of aromatic nitrogens is 3. The normalized spacial score (nSPS) is 26.6. The number of nitrogens with zero attached hydrogens (tertiary/aromatic N) is 4. The largest absolute Gasteiger partial charge is 0.457 e. The molecule has 9 heteroatoms. The molecule has 186 valence electrons. The third kappa shape index (κ3) is 5.05. The summed E-state index contributed by atoms with van der Waals surface area (Å²) in [6.07, 6.45) is 7.47. The molecule has 0 unspecified atom stereocenters. The first-order valence-corrected chi connectivity index (χ1v) is 12.6. The highest BCUT2D eigenvalue weighted by atomic mass is 16.5. The van der Waals surface area contributed by atoms with E-state index in [2.05, 4.69) is 20.3 Å². The number of rotatable bonds is 7. The van der Waals surface area contributed by atoms with Crippen molar-refractivity contribution in [3.05, 3.63) is 60.4 Å². The Balaban J connectivity index is 1.08. The predicted molar refractivity (Wildman–Crippen MR) is 138 cm³/mol. The van der Waals surface area contributed by atoms with Crippen LogP contribution in [0.15, 0.2) is 59.6 Å². The molecule has 0 aliphatic heterocycles. The summed E-state index contributed by atoms with van der Waals surface area (Å²) in [7, 11) is 0. The first-order chi connectivity index (χ1) is 17.5.